The van der Waals surface area contributed by atoms with Gasteiger partial charge in [-0.05, 0) is 24.5 Å². The molecular formula is C20H24N4O2S2. The minimum Gasteiger partial charge on any atom is -0.337 e. The van der Waals surface area contributed by atoms with Crippen LogP contribution in [-0.4, -0.2) is 62.9 Å². The smallest absolute Gasteiger partial charge is 0.263 e. The van der Waals surface area contributed by atoms with E-state index in [-0.39, 0.29) is 11.5 Å². The minimum absolute atomic E-state index is 0.0941. The maximum absolute atomic E-state index is 13.2. The quantitative estimate of drug-likeness (QED) is 0.767. The third kappa shape index (κ3) is 3.42. The fraction of sp³-hybridized carbons (Fsp3) is 0.550. The number of thioether (sulfide) groups is 1. The van der Waals surface area contributed by atoms with Gasteiger partial charge in [0, 0.05) is 67.8 Å². The predicted octanol–water partition coefficient (Wildman–Crippen LogP) is 2.11. The number of rotatable bonds is 3. The van der Waals surface area contributed by atoms with Gasteiger partial charge in [-0.2, -0.15) is 11.8 Å². The summed E-state index contributed by atoms with van der Waals surface area (Å²) in [5.74, 6) is 2.63. The summed E-state index contributed by atoms with van der Waals surface area (Å²) in [6, 6.07) is 3.80. The fourth-order valence-corrected chi connectivity index (χ4v) is 6.27. The summed E-state index contributed by atoms with van der Waals surface area (Å²) < 4.78 is 1.89. The standard InChI is InChI=1S/C20H24N4O2S2/c25-19(23-3-5-27-6-4-23)17-1-2-18-15-7-14(9-24(18)20(17)26)8-22(10-15)11-16-12-28-13-21-16/h1-2,12-15H,3-11H2/t14-,15+/m0/s1. The van der Waals surface area contributed by atoms with Gasteiger partial charge in [0.15, 0.2) is 0 Å². The lowest BCUT2D eigenvalue weighted by Gasteiger charge is -2.42. The number of aromatic nitrogens is 2. The number of fused-ring (bicyclic) bond motifs is 4. The highest BCUT2D eigenvalue weighted by atomic mass is 32.2. The Morgan fingerprint density at radius 3 is 2.82 bits per heavy atom. The second-order valence-corrected chi connectivity index (χ2v) is 9.91. The van der Waals surface area contributed by atoms with Crippen molar-refractivity contribution in [3.63, 3.8) is 0 Å². The Morgan fingerprint density at radius 2 is 2.04 bits per heavy atom. The molecule has 0 saturated carbocycles. The van der Waals surface area contributed by atoms with Gasteiger partial charge in [0.1, 0.15) is 5.56 Å². The van der Waals surface area contributed by atoms with Crippen LogP contribution in [0.5, 0.6) is 0 Å². The molecule has 0 spiro atoms. The maximum Gasteiger partial charge on any atom is 0.263 e. The highest BCUT2D eigenvalue weighted by molar-refractivity contribution is 7.99. The first-order valence-electron chi connectivity index (χ1n) is 9.89. The van der Waals surface area contributed by atoms with E-state index in [0.29, 0.717) is 17.4 Å². The average Bonchev–Trinajstić information content (AvgIpc) is 3.22. The van der Waals surface area contributed by atoms with Gasteiger partial charge < -0.3 is 9.47 Å². The molecule has 2 aromatic heterocycles. The van der Waals surface area contributed by atoms with E-state index in [4.69, 9.17) is 0 Å². The highest BCUT2D eigenvalue weighted by Gasteiger charge is 2.35. The summed E-state index contributed by atoms with van der Waals surface area (Å²) in [6.45, 7) is 5.01. The molecule has 5 rings (SSSR count). The van der Waals surface area contributed by atoms with E-state index < -0.39 is 0 Å². The first kappa shape index (κ1) is 18.4. The van der Waals surface area contributed by atoms with Crippen molar-refractivity contribution in [2.24, 2.45) is 5.92 Å². The Balaban J connectivity index is 1.39. The van der Waals surface area contributed by atoms with Crippen LogP contribution in [0.2, 0.25) is 0 Å². The van der Waals surface area contributed by atoms with Gasteiger partial charge in [-0.1, -0.05) is 0 Å². The Kier molecular flexibility index (Phi) is 5.02. The van der Waals surface area contributed by atoms with E-state index in [2.05, 4.69) is 15.3 Å². The summed E-state index contributed by atoms with van der Waals surface area (Å²) in [5.41, 5.74) is 4.35. The summed E-state index contributed by atoms with van der Waals surface area (Å²) in [5, 5.41) is 2.11. The molecular weight excluding hydrogens is 392 g/mol. The van der Waals surface area contributed by atoms with E-state index in [1.165, 1.54) is 0 Å². The number of hydrogen-bond acceptors (Lipinski definition) is 6. The van der Waals surface area contributed by atoms with E-state index in [0.717, 1.165) is 68.6 Å². The van der Waals surface area contributed by atoms with Crippen molar-refractivity contribution in [1.82, 2.24) is 19.4 Å². The molecule has 0 unspecified atom stereocenters. The normalized spacial score (nSPS) is 24.8. The Labute approximate surface area is 172 Å². The van der Waals surface area contributed by atoms with Crippen molar-refractivity contribution >= 4 is 29.0 Å². The van der Waals surface area contributed by atoms with Gasteiger partial charge in [0.2, 0.25) is 0 Å². The number of nitrogens with zero attached hydrogens (tertiary/aromatic N) is 4. The molecule has 6 nitrogen and oxygen atoms in total. The van der Waals surface area contributed by atoms with Crippen LogP contribution in [0, 0.1) is 5.92 Å². The van der Waals surface area contributed by atoms with Gasteiger partial charge in [0.25, 0.3) is 11.5 Å². The highest BCUT2D eigenvalue weighted by Crippen LogP contribution is 2.35. The van der Waals surface area contributed by atoms with Gasteiger partial charge >= 0.3 is 0 Å². The lowest BCUT2D eigenvalue weighted by atomic mass is 9.83. The van der Waals surface area contributed by atoms with Gasteiger partial charge in [-0.15, -0.1) is 11.3 Å². The van der Waals surface area contributed by atoms with Crippen molar-refractivity contribution < 1.29 is 4.79 Å². The monoisotopic (exact) mass is 416 g/mol. The molecule has 3 aliphatic heterocycles. The molecule has 0 aliphatic carbocycles. The second-order valence-electron chi connectivity index (χ2n) is 7.96. The lowest BCUT2D eigenvalue weighted by Crippen LogP contribution is -2.48. The van der Waals surface area contributed by atoms with E-state index >= 15 is 0 Å². The number of piperidine rings is 1. The van der Waals surface area contributed by atoms with Crippen molar-refractivity contribution in [3.05, 3.63) is 50.3 Å². The molecule has 2 aromatic rings. The van der Waals surface area contributed by atoms with Gasteiger partial charge in [-0.3, -0.25) is 14.5 Å². The number of carbonyl (C=O) groups excluding carboxylic acids is 1. The van der Waals surface area contributed by atoms with Crippen molar-refractivity contribution in [3.8, 4) is 0 Å². The number of carbonyl (C=O) groups is 1. The van der Waals surface area contributed by atoms with Crippen LogP contribution in [0.4, 0.5) is 0 Å². The Hall–Kier alpha value is -1.64. The summed E-state index contributed by atoms with van der Waals surface area (Å²) >= 11 is 3.50. The molecule has 2 bridgehead atoms. The van der Waals surface area contributed by atoms with Crippen LogP contribution in [-0.2, 0) is 13.1 Å². The van der Waals surface area contributed by atoms with Crippen LogP contribution in [0.1, 0.15) is 34.1 Å². The zero-order valence-electron chi connectivity index (χ0n) is 15.7. The number of thiazole rings is 1. The molecule has 2 fully saturated rings. The molecule has 148 valence electrons. The molecule has 0 N–H and O–H groups in total. The molecule has 28 heavy (non-hydrogen) atoms. The number of likely N-dealkylation sites (tertiary alicyclic amines) is 1. The number of pyridine rings is 1. The second kappa shape index (κ2) is 7.65. The summed E-state index contributed by atoms with van der Waals surface area (Å²) in [7, 11) is 0. The van der Waals surface area contributed by atoms with Crippen molar-refractivity contribution in [1.29, 1.82) is 0 Å². The third-order valence-electron chi connectivity index (χ3n) is 6.08. The van der Waals surface area contributed by atoms with Crippen LogP contribution < -0.4 is 5.56 Å². The molecule has 0 aromatic carbocycles. The zero-order chi connectivity index (χ0) is 19.1. The minimum atomic E-state index is -0.0958. The molecule has 1 amide bonds. The summed E-state index contributed by atoms with van der Waals surface area (Å²) in [6.07, 6.45) is 1.13. The van der Waals surface area contributed by atoms with E-state index in [1.54, 1.807) is 17.4 Å². The molecule has 2 atom stereocenters. The number of amides is 1. The van der Waals surface area contributed by atoms with Gasteiger partial charge in [-0.25, -0.2) is 4.98 Å². The topological polar surface area (TPSA) is 58.4 Å². The van der Waals surface area contributed by atoms with E-state index in [9.17, 15) is 9.59 Å². The van der Waals surface area contributed by atoms with Crippen molar-refractivity contribution in [2.75, 3.05) is 37.7 Å². The van der Waals surface area contributed by atoms with Crippen LogP contribution in [0.15, 0.2) is 27.8 Å². The molecule has 5 heterocycles. The largest absolute Gasteiger partial charge is 0.337 e. The predicted molar refractivity (Wildman–Crippen MR) is 112 cm³/mol. The zero-order valence-corrected chi connectivity index (χ0v) is 17.4. The van der Waals surface area contributed by atoms with Gasteiger partial charge in [0.05, 0.1) is 11.2 Å². The average molecular weight is 417 g/mol. The molecule has 8 heteroatoms. The summed E-state index contributed by atoms with van der Waals surface area (Å²) in [4.78, 5) is 34.7. The number of hydrogen-bond donors (Lipinski definition) is 0. The maximum atomic E-state index is 13.2. The molecule has 2 saturated heterocycles. The van der Waals surface area contributed by atoms with Crippen molar-refractivity contribution in [2.45, 2.75) is 25.4 Å². The fourth-order valence-electron chi connectivity index (χ4n) is 4.82. The third-order valence-corrected chi connectivity index (χ3v) is 7.66. The molecule has 3 aliphatic rings. The van der Waals surface area contributed by atoms with Crippen LogP contribution in [0.3, 0.4) is 0 Å². The Bertz CT molecular complexity index is 921. The van der Waals surface area contributed by atoms with Crippen LogP contribution in [0.25, 0.3) is 0 Å². The molecule has 0 radical (unpaired) electrons. The Morgan fingerprint density at radius 1 is 1.18 bits per heavy atom. The first-order chi connectivity index (χ1) is 13.7. The first-order valence-corrected chi connectivity index (χ1v) is 12.0. The van der Waals surface area contributed by atoms with Crippen LogP contribution >= 0.6 is 23.1 Å². The lowest BCUT2D eigenvalue weighted by molar-refractivity contribution is 0.0767. The van der Waals surface area contributed by atoms with E-state index in [1.807, 2.05) is 32.8 Å². The SMILES string of the molecule is O=C(c1ccc2n(c1=O)C[C@H]1C[C@@H]2CN(Cc2cscn2)C1)N1CCSCC1.